The van der Waals surface area contributed by atoms with E-state index in [9.17, 15) is 4.79 Å². The quantitative estimate of drug-likeness (QED) is 0.700. The highest BCUT2D eigenvalue weighted by Gasteiger charge is 2.24. The van der Waals surface area contributed by atoms with E-state index in [1.807, 2.05) is 36.3 Å². The van der Waals surface area contributed by atoms with Gasteiger partial charge in [-0.2, -0.15) is 0 Å². The molecular weight excluding hydrogens is 442 g/mol. The molecule has 180 valence electrons. The maximum atomic E-state index is 12.3. The summed E-state index contributed by atoms with van der Waals surface area (Å²) in [6.07, 6.45) is 8.34. The Morgan fingerprint density at radius 3 is 2.71 bits per heavy atom. The van der Waals surface area contributed by atoms with Crippen molar-refractivity contribution in [2.45, 2.75) is 39.3 Å². The lowest BCUT2D eigenvalue weighted by molar-refractivity contribution is 0.149. The van der Waals surface area contributed by atoms with Crippen molar-refractivity contribution in [2.75, 3.05) is 46.3 Å². The van der Waals surface area contributed by atoms with Gasteiger partial charge in [-0.25, -0.2) is 4.79 Å². The molecule has 1 saturated heterocycles. The summed E-state index contributed by atoms with van der Waals surface area (Å²) >= 11 is 1.89. The Hall–Kier alpha value is -2.48. The third-order valence-electron chi connectivity index (χ3n) is 6.94. The van der Waals surface area contributed by atoms with Gasteiger partial charge in [-0.05, 0) is 56.7 Å². The van der Waals surface area contributed by atoms with Crippen molar-refractivity contribution in [3.8, 4) is 10.4 Å². The molecule has 0 spiro atoms. The molecule has 3 aliphatic rings. The molecule has 2 aliphatic heterocycles. The van der Waals surface area contributed by atoms with Gasteiger partial charge in [-0.15, -0.1) is 11.3 Å². The molecule has 34 heavy (non-hydrogen) atoms. The molecule has 1 fully saturated rings. The van der Waals surface area contributed by atoms with Crippen LogP contribution in [0.25, 0.3) is 16.0 Å². The summed E-state index contributed by atoms with van der Waals surface area (Å²) in [6.45, 7) is 11.0. The highest BCUT2D eigenvalue weighted by Crippen LogP contribution is 2.38. The fourth-order valence-electron chi connectivity index (χ4n) is 4.92. The predicted molar refractivity (Wildman–Crippen MR) is 140 cm³/mol. The molecule has 2 aromatic heterocycles. The van der Waals surface area contributed by atoms with Crippen molar-refractivity contribution in [2.24, 2.45) is 0 Å². The molecule has 0 saturated carbocycles. The van der Waals surface area contributed by atoms with Gasteiger partial charge in [0.1, 0.15) is 0 Å². The second-order valence-corrected chi connectivity index (χ2v) is 11.1. The Morgan fingerprint density at radius 1 is 1.15 bits per heavy atom. The Kier molecular flexibility index (Phi) is 6.86. The first-order chi connectivity index (χ1) is 16.5. The zero-order valence-electron chi connectivity index (χ0n) is 20.5. The van der Waals surface area contributed by atoms with Crippen LogP contribution in [0.5, 0.6) is 0 Å². The van der Waals surface area contributed by atoms with Crippen molar-refractivity contribution in [3.63, 3.8) is 0 Å². The number of fused-ring (bicyclic) bond motifs is 1. The van der Waals surface area contributed by atoms with Gasteiger partial charge in [0.15, 0.2) is 0 Å². The van der Waals surface area contributed by atoms with E-state index < -0.39 is 0 Å². The molecule has 0 aromatic carbocycles. The molecule has 0 bridgehead atoms. The highest BCUT2D eigenvalue weighted by molar-refractivity contribution is 7.15. The number of carbonyl (C=O) groups excluding carboxylic acids is 1. The molecule has 4 heterocycles. The van der Waals surface area contributed by atoms with Gasteiger partial charge >= 0.3 is 6.03 Å². The van der Waals surface area contributed by atoms with E-state index in [0.717, 1.165) is 57.8 Å². The second kappa shape index (κ2) is 10.0. The topological polar surface area (TPSA) is 51.7 Å². The zero-order valence-corrected chi connectivity index (χ0v) is 21.3. The molecule has 6 nitrogen and oxygen atoms in total. The average molecular weight is 478 g/mol. The van der Waals surface area contributed by atoms with Crippen molar-refractivity contribution in [1.29, 1.82) is 0 Å². The number of aromatic nitrogens is 1. The van der Waals surface area contributed by atoms with E-state index in [1.54, 1.807) is 0 Å². The summed E-state index contributed by atoms with van der Waals surface area (Å²) in [7, 11) is 2.20. The number of amides is 2. The maximum absolute atomic E-state index is 12.3. The third-order valence-corrected chi connectivity index (χ3v) is 8.05. The smallest absolute Gasteiger partial charge is 0.317 e. The Morgan fingerprint density at radius 2 is 1.97 bits per heavy atom. The number of hydrogen-bond acceptors (Lipinski definition) is 5. The van der Waals surface area contributed by atoms with Crippen molar-refractivity contribution in [1.82, 2.24) is 25.0 Å². The van der Waals surface area contributed by atoms with Gasteiger partial charge in [0.05, 0.1) is 5.69 Å². The maximum Gasteiger partial charge on any atom is 0.317 e. The molecule has 0 radical (unpaired) electrons. The summed E-state index contributed by atoms with van der Waals surface area (Å²) in [5, 5.41) is 3.00. The van der Waals surface area contributed by atoms with Crippen LogP contribution in [0.2, 0.25) is 0 Å². The third kappa shape index (κ3) is 5.11. The largest absolute Gasteiger partial charge is 0.336 e. The summed E-state index contributed by atoms with van der Waals surface area (Å²) in [6, 6.07) is 7.04. The number of rotatable bonds is 5. The van der Waals surface area contributed by atoms with Crippen LogP contribution < -0.4 is 5.32 Å². The van der Waals surface area contributed by atoms with Crippen LogP contribution in [0.15, 0.2) is 42.1 Å². The monoisotopic (exact) mass is 477 g/mol. The van der Waals surface area contributed by atoms with Gasteiger partial charge in [-0.1, -0.05) is 12.2 Å². The summed E-state index contributed by atoms with van der Waals surface area (Å²) < 4.78 is 0. The Labute approximate surface area is 207 Å². The number of urea groups is 1. The van der Waals surface area contributed by atoms with Crippen molar-refractivity contribution < 1.29 is 4.79 Å². The second-order valence-electron chi connectivity index (χ2n) is 9.92. The van der Waals surface area contributed by atoms with Gasteiger partial charge in [0, 0.05) is 85.4 Å². The van der Waals surface area contributed by atoms with Gasteiger partial charge in [0.2, 0.25) is 0 Å². The van der Waals surface area contributed by atoms with Crippen LogP contribution >= 0.6 is 11.3 Å². The summed E-state index contributed by atoms with van der Waals surface area (Å²) in [5.41, 5.74) is 6.28. The van der Waals surface area contributed by atoms with E-state index in [4.69, 9.17) is 4.98 Å². The molecule has 2 amide bonds. The number of pyridine rings is 1. The molecule has 7 heteroatoms. The highest BCUT2D eigenvalue weighted by atomic mass is 32.1. The predicted octanol–water partition coefficient (Wildman–Crippen LogP) is 4.25. The number of likely N-dealkylation sites (N-methyl/N-ethyl adjacent to an activating group) is 1. The Bertz CT molecular complexity index is 1110. The number of nitrogens with zero attached hydrogens (tertiary/aromatic N) is 4. The molecular formula is C27H35N5OS. The number of nitrogens with one attached hydrogen (secondary N) is 1. The van der Waals surface area contributed by atoms with E-state index in [0.29, 0.717) is 6.54 Å². The number of allylic oxidation sites excluding steroid dienone is 2. The molecule has 0 unspecified atom stereocenters. The average Bonchev–Trinajstić information content (AvgIpc) is 3.47. The first kappa shape index (κ1) is 23.3. The van der Waals surface area contributed by atoms with Gasteiger partial charge in [-0.3, -0.25) is 9.88 Å². The van der Waals surface area contributed by atoms with Crippen LogP contribution in [-0.2, 0) is 13.0 Å². The number of hydrogen-bond donors (Lipinski definition) is 1. The lowest BCUT2D eigenvalue weighted by Gasteiger charge is -2.31. The molecule has 1 N–H and O–H groups in total. The SMILES string of the molecule is CC(C)NC(=O)N1CC=C(C2=CCc3ncc(-c4ccc(CN5CCN(C)CC5)s4)cc32)CC1. The first-order valence-corrected chi connectivity index (χ1v) is 13.2. The zero-order chi connectivity index (χ0) is 23.7. The Balaban J connectivity index is 1.28. The van der Waals surface area contributed by atoms with Crippen LogP contribution in [0.3, 0.4) is 0 Å². The normalized spacial score (nSPS) is 19.2. The van der Waals surface area contributed by atoms with E-state index in [-0.39, 0.29) is 12.1 Å². The lowest BCUT2D eigenvalue weighted by atomic mass is 9.95. The van der Waals surface area contributed by atoms with E-state index in [2.05, 4.69) is 52.5 Å². The molecule has 2 aromatic rings. The number of thiophene rings is 1. The van der Waals surface area contributed by atoms with Crippen LogP contribution in [0.1, 0.15) is 36.4 Å². The summed E-state index contributed by atoms with van der Waals surface area (Å²) in [4.78, 5) is 26.7. The summed E-state index contributed by atoms with van der Waals surface area (Å²) in [5.74, 6) is 0. The lowest BCUT2D eigenvalue weighted by Crippen LogP contribution is -2.44. The first-order valence-electron chi connectivity index (χ1n) is 12.4. The standard InChI is InChI=1S/C27H35N5OS/c1-19(2)29-27(33)32-10-8-20(9-11-32)23-5-6-25-24(23)16-21(17-28-25)26-7-4-22(34-26)18-31-14-12-30(3)13-15-31/h4-5,7-8,16-17,19H,6,9-15,18H2,1-3H3,(H,29,33). The van der Waals surface area contributed by atoms with Crippen LogP contribution in [0, 0.1) is 0 Å². The molecule has 1 aliphatic carbocycles. The van der Waals surface area contributed by atoms with Crippen LogP contribution in [0.4, 0.5) is 4.79 Å². The minimum atomic E-state index is 0.0279. The fraction of sp³-hybridized carbons (Fsp3) is 0.481. The van der Waals surface area contributed by atoms with Gasteiger partial charge < -0.3 is 15.1 Å². The van der Waals surface area contributed by atoms with Crippen molar-refractivity contribution >= 4 is 22.9 Å². The molecule has 5 rings (SSSR count). The van der Waals surface area contributed by atoms with Crippen LogP contribution in [-0.4, -0.2) is 78.1 Å². The minimum Gasteiger partial charge on any atom is -0.336 e. The molecule has 0 atom stereocenters. The minimum absolute atomic E-state index is 0.0279. The van der Waals surface area contributed by atoms with E-state index >= 15 is 0 Å². The van der Waals surface area contributed by atoms with Crippen molar-refractivity contribution in [3.05, 3.63) is 58.3 Å². The number of piperazine rings is 1. The van der Waals surface area contributed by atoms with E-state index in [1.165, 1.54) is 32.0 Å². The fourth-order valence-corrected chi connectivity index (χ4v) is 5.95. The number of carbonyl (C=O) groups is 1. The van der Waals surface area contributed by atoms with Gasteiger partial charge in [0.25, 0.3) is 0 Å².